The zero-order valence-electron chi connectivity index (χ0n) is 28.9. The minimum absolute atomic E-state index is 0.0346. The fourth-order valence-corrected chi connectivity index (χ4v) is 9.29. The molecule has 3 fully saturated rings. The number of halogens is 5. The van der Waals surface area contributed by atoms with E-state index < -0.39 is 69.1 Å². The van der Waals surface area contributed by atoms with Gasteiger partial charge in [0.25, 0.3) is 11.8 Å². The van der Waals surface area contributed by atoms with Crippen LogP contribution < -0.4 is 5.43 Å². The van der Waals surface area contributed by atoms with Crippen molar-refractivity contribution in [3.05, 3.63) is 111 Å². The number of rotatable bonds is 6. The predicted molar refractivity (Wildman–Crippen MR) is 190 cm³/mol. The monoisotopic (exact) mass is 766 g/mol. The molecule has 6 atom stereocenters. The Morgan fingerprint density at radius 1 is 1.02 bits per heavy atom. The maximum Gasteiger partial charge on any atom is 0.417 e. The van der Waals surface area contributed by atoms with Crippen LogP contribution in [0.4, 0.5) is 19.0 Å². The molecule has 2 N–H and O–H groups in total. The molecule has 276 valence electrons. The van der Waals surface area contributed by atoms with Crippen molar-refractivity contribution in [3.8, 4) is 5.75 Å². The number of carbonyl (C=O) groups is 4. The number of hydrazine groups is 1. The molecule has 0 spiro atoms. The average Bonchev–Trinajstić information content (AvgIpc) is 3.47. The zero-order valence-corrected chi connectivity index (χ0v) is 30.4. The second-order valence-electron chi connectivity index (χ2n) is 14.9. The Balaban J connectivity index is 1.46. The molecule has 3 aromatic rings. The van der Waals surface area contributed by atoms with Crippen molar-refractivity contribution in [1.29, 1.82) is 0 Å². The third-order valence-corrected chi connectivity index (χ3v) is 11.6. The van der Waals surface area contributed by atoms with Crippen LogP contribution in [0.5, 0.6) is 5.75 Å². The van der Waals surface area contributed by atoms with Crippen molar-refractivity contribution in [1.82, 2.24) is 14.9 Å². The molecule has 2 saturated heterocycles. The highest BCUT2D eigenvalue weighted by molar-refractivity contribution is 6.33. The summed E-state index contributed by atoms with van der Waals surface area (Å²) in [4.78, 5) is 63.3. The number of carbonyl (C=O) groups excluding carboxylic acids is 4. The number of pyridine rings is 1. The van der Waals surface area contributed by atoms with E-state index in [-0.39, 0.29) is 42.6 Å². The number of amides is 4. The van der Waals surface area contributed by atoms with Crippen LogP contribution >= 0.6 is 23.2 Å². The Hall–Kier alpha value is -4.68. The Morgan fingerprint density at radius 2 is 1.72 bits per heavy atom. The molecule has 14 heteroatoms. The predicted octanol–water partition coefficient (Wildman–Crippen LogP) is 7.62. The van der Waals surface area contributed by atoms with Crippen LogP contribution in [0.1, 0.15) is 61.8 Å². The lowest BCUT2D eigenvalue weighted by atomic mass is 9.49. The molecule has 2 aromatic carbocycles. The van der Waals surface area contributed by atoms with E-state index in [2.05, 4.69) is 17.0 Å². The molecule has 2 aliphatic carbocycles. The van der Waals surface area contributed by atoms with E-state index >= 15 is 4.79 Å². The number of phenols is 1. The van der Waals surface area contributed by atoms with Crippen LogP contribution in [-0.2, 0) is 37.2 Å². The first kappa shape index (κ1) is 36.7. The molecule has 2 aliphatic heterocycles. The van der Waals surface area contributed by atoms with Gasteiger partial charge in [-0.25, -0.2) is 4.98 Å². The molecule has 0 unspecified atom stereocenters. The molecule has 4 aliphatic rings. The molecule has 9 nitrogen and oxygen atoms in total. The molecule has 1 saturated carbocycles. The van der Waals surface area contributed by atoms with Gasteiger partial charge in [0.1, 0.15) is 5.75 Å². The van der Waals surface area contributed by atoms with E-state index in [1.807, 2.05) is 6.08 Å². The minimum atomic E-state index is -4.75. The van der Waals surface area contributed by atoms with Crippen LogP contribution in [0.25, 0.3) is 0 Å². The van der Waals surface area contributed by atoms with Gasteiger partial charge in [0.2, 0.25) is 11.8 Å². The van der Waals surface area contributed by atoms with Gasteiger partial charge < -0.3 is 5.11 Å². The van der Waals surface area contributed by atoms with Crippen molar-refractivity contribution in [2.75, 3.05) is 5.43 Å². The number of para-hydroxylation sites is 1. The summed E-state index contributed by atoms with van der Waals surface area (Å²) >= 11 is 12.6. The number of anilines is 1. The lowest BCUT2D eigenvalue weighted by Gasteiger charge is -2.50. The van der Waals surface area contributed by atoms with Crippen molar-refractivity contribution in [3.63, 3.8) is 0 Å². The largest absolute Gasteiger partial charge is 0.507 e. The standard InChI is InChI=1S/C39H35Cl2F3N4O5/c1-5-7-19-8-6-9-25(31(19)49)30-23-14-15-24-29(35(52)47(33(24)50)37(2,3)4)26(23)17-27-34(51)48(36(53)38(27,30)20-10-12-22(40)13-11-20)46-32-28(41)16-21(18-45-32)39(42,43)44/h5-6,8-14,16,18,24,26-27,29-30,49H,1,7,15,17H2,2-4H3,(H,45,46)/t24-,26+,27-,29-,30+,38+/m0/s1. The maximum atomic E-state index is 15.3. The van der Waals surface area contributed by atoms with Crippen LogP contribution in [0.15, 0.2) is 79.0 Å². The summed E-state index contributed by atoms with van der Waals surface area (Å²) in [5.74, 6) is -7.20. The summed E-state index contributed by atoms with van der Waals surface area (Å²) in [6.45, 7) is 9.12. The van der Waals surface area contributed by atoms with Gasteiger partial charge in [-0.1, -0.05) is 71.3 Å². The molecular weight excluding hydrogens is 732 g/mol. The first-order valence-corrected chi connectivity index (χ1v) is 17.8. The third kappa shape index (κ3) is 5.55. The second kappa shape index (κ2) is 12.7. The SMILES string of the molecule is C=CCc1cccc([C@H]2C3=CC[C@@H]4C(=O)N(C(C)(C)C)C(=O)[C@@H]4[C@@H]3C[C@H]3C(=O)N(Nc4ncc(C(F)(F)F)cc4Cl)C(=O)[C@@]23c2ccc(Cl)cc2)c1O. The van der Waals surface area contributed by atoms with Crippen molar-refractivity contribution in [2.24, 2.45) is 23.7 Å². The highest BCUT2D eigenvalue weighted by Gasteiger charge is 2.71. The van der Waals surface area contributed by atoms with Gasteiger partial charge in [0.15, 0.2) is 5.82 Å². The lowest BCUT2D eigenvalue weighted by molar-refractivity contribution is -0.146. The summed E-state index contributed by atoms with van der Waals surface area (Å²) in [5, 5.41) is 12.5. The number of benzene rings is 2. The number of hydrogen-bond acceptors (Lipinski definition) is 7. The Morgan fingerprint density at radius 3 is 2.34 bits per heavy atom. The van der Waals surface area contributed by atoms with Gasteiger partial charge in [-0.05, 0) is 75.3 Å². The van der Waals surface area contributed by atoms with Gasteiger partial charge >= 0.3 is 6.18 Å². The number of phenolic OH excluding ortho intramolecular Hbond substituents is 1. The maximum absolute atomic E-state index is 15.3. The first-order chi connectivity index (χ1) is 24.9. The van der Waals surface area contributed by atoms with E-state index in [1.165, 1.54) is 4.90 Å². The fourth-order valence-electron chi connectivity index (χ4n) is 8.95. The van der Waals surface area contributed by atoms with Gasteiger partial charge in [-0.15, -0.1) is 6.58 Å². The van der Waals surface area contributed by atoms with Gasteiger partial charge in [0, 0.05) is 28.2 Å². The molecule has 1 aromatic heterocycles. The van der Waals surface area contributed by atoms with Gasteiger partial charge in [-0.3, -0.25) is 29.5 Å². The number of fused-ring (bicyclic) bond motifs is 4. The molecule has 4 amide bonds. The fraction of sp³-hybridized carbons (Fsp3) is 0.359. The molecule has 53 heavy (non-hydrogen) atoms. The number of aromatic hydroxyl groups is 1. The molecule has 0 bridgehead atoms. The van der Waals surface area contributed by atoms with E-state index in [4.69, 9.17) is 23.2 Å². The van der Waals surface area contributed by atoms with Gasteiger partial charge in [-0.2, -0.15) is 18.2 Å². The minimum Gasteiger partial charge on any atom is -0.507 e. The van der Waals surface area contributed by atoms with Crippen LogP contribution in [0, 0.1) is 23.7 Å². The molecule has 3 heterocycles. The first-order valence-electron chi connectivity index (χ1n) is 17.1. The Bertz CT molecular complexity index is 2110. The van der Waals surface area contributed by atoms with E-state index in [0.29, 0.717) is 39.5 Å². The molecule has 7 rings (SSSR count). The quantitative estimate of drug-likeness (QED) is 0.196. The third-order valence-electron chi connectivity index (χ3n) is 11.1. The van der Waals surface area contributed by atoms with Gasteiger partial charge in [0.05, 0.1) is 33.8 Å². The summed E-state index contributed by atoms with van der Waals surface area (Å²) in [5.41, 5.74) is 0.715. The van der Waals surface area contributed by atoms with Crippen LogP contribution in [0.3, 0.4) is 0 Å². The Labute approximate surface area is 313 Å². The number of alkyl halides is 3. The number of allylic oxidation sites excluding steroid dienone is 3. The lowest BCUT2D eigenvalue weighted by Crippen LogP contribution is -2.53. The van der Waals surface area contributed by atoms with Crippen molar-refractivity contribution in [2.45, 2.75) is 63.1 Å². The number of nitrogens with one attached hydrogen (secondary N) is 1. The van der Waals surface area contributed by atoms with E-state index in [9.17, 15) is 32.7 Å². The average molecular weight is 768 g/mol. The second-order valence-corrected chi connectivity index (χ2v) is 15.8. The smallest absolute Gasteiger partial charge is 0.417 e. The zero-order chi connectivity index (χ0) is 38.4. The van der Waals surface area contributed by atoms with E-state index in [1.54, 1.807) is 69.3 Å². The number of hydrogen-bond donors (Lipinski definition) is 2. The van der Waals surface area contributed by atoms with Crippen molar-refractivity contribution >= 4 is 52.6 Å². The molecular formula is C39H35Cl2F3N4O5. The van der Waals surface area contributed by atoms with Crippen molar-refractivity contribution < 1.29 is 37.5 Å². The summed E-state index contributed by atoms with van der Waals surface area (Å²) in [6, 6.07) is 12.2. The van der Waals surface area contributed by atoms with Crippen LogP contribution in [-0.4, -0.2) is 49.2 Å². The number of likely N-dealkylation sites (tertiary alicyclic amines) is 1. The molecule has 0 radical (unpaired) electrons. The highest BCUT2D eigenvalue weighted by atomic mass is 35.5. The normalized spacial score (nSPS) is 27.0. The number of aromatic nitrogens is 1. The topological polar surface area (TPSA) is 120 Å². The summed E-state index contributed by atoms with van der Waals surface area (Å²) in [6.07, 6.45) is -0.295. The number of imide groups is 2. The Kier molecular flexibility index (Phi) is 8.80. The summed E-state index contributed by atoms with van der Waals surface area (Å²) < 4.78 is 40.4. The van der Waals surface area contributed by atoms with Crippen LogP contribution in [0.2, 0.25) is 10.0 Å². The highest BCUT2D eigenvalue weighted by Crippen LogP contribution is 2.65. The number of nitrogens with zero attached hydrogens (tertiary/aromatic N) is 3. The van der Waals surface area contributed by atoms with E-state index in [0.717, 1.165) is 5.01 Å². The summed E-state index contributed by atoms with van der Waals surface area (Å²) in [7, 11) is 0.